The number of piperazine rings is 1. The monoisotopic (exact) mass is 324 g/mol. The second kappa shape index (κ2) is 8.25. The zero-order valence-corrected chi connectivity index (χ0v) is 14.9. The lowest BCUT2D eigenvalue weighted by molar-refractivity contribution is 0.249. The highest BCUT2D eigenvalue weighted by Gasteiger charge is 2.19. The van der Waals surface area contributed by atoms with Crippen LogP contribution in [0.25, 0.3) is 0 Å². The summed E-state index contributed by atoms with van der Waals surface area (Å²) in [4.78, 5) is 13.9. The van der Waals surface area contributed by atoms with Crippen LogP contribution in [0.2, 0.25) is 0 Å². The predicted octanol–water partition coefficient (Wildman–Crippen LogP) is 3.70. The maximum atomic E-state index is 4.52. The summed E-state index contributed by atoms with van der Waals surface area (Å²) in [7, 11) is 0. The normalized spacial score (nSPS) is 15.9. The van der Waals surface area contributed by atoms with Crippen LogP contribution in [-0.2, 0) is 6.54 Å². The van der Waals surface area contributed by atoms with Crippen LogP contribution >= 0.6 is 0 Å². The zero-order valence-electron chi connectivity index (χ0n) is 14.9. The molecule has 128 valence electrons. The maximum Gasteiger partial charge on any atom is 0.132 e. The molecule has 0 unspecified atom stereocenters. The minimum atomic E-state index is 0.547. The summed E-state index contributed by atoms with van der Waals surface area (Å²) in [5.74, 6) is 1.64. The fraction of sp³-hybridized carbons (Fsp3) is 0.500. The van der Waals surface area contributed by atoms with Crippen molar-refractivity contribution in [1.82, 2.24) is 14.9 Å². The van der Waals surface area contributed by atoms with E-state index in [1.165, 1.54) is 11.3 Å². The summed E-state index contributed by atoms with van der Waals surface area (Å²) in [5.41, 5.74) is 2.58. The van der Waals surface area contributed by atoms with E-state index in [1.54, 1.807) is 6.33 Å². The molecule has 0 N–H and O–H groups in total. The van der Waals surface area contributed by atoms with Crippen LogP contribution in [0.4, 0.5) is 5.82 Å². The molecular weight excluding hydrogens is 296 g/mol. The number of benzene rings is 1. The lowest BCUT2D eigenvalue weighted by Crippen LogP contribution is -2.46. The van der Waals surface area contributed by atoms with Crippen molar-refractivity contribution in [2.75, 3.05) is 31.1 Å². The van der Waals surface area contributed by atoms with Gasteiger partial charge in [-0.3, -0.25) is 4.90 Å². The number of aromatic nitrogens is 2. The van der Waals surface area contributed by atoms with E-state index in [1.807, 2.05) is 0 Å². The molecule has 0 atom stereocenters. The highest BCUT2D eigenvalue weighted by molar-refractivity contribution is 5.40. The maximum absolute atomic E-state index is 4.52. The first-order chi connectivity index (χ1) is 11.8. The molecule has 4 nitrogen and oxygen atoms in total. The molecule has 1 aromatic carbocycles. The van der Waals surface area contributed by atoms with E-state index >= 15 is 0 Å². The number of rotatable bonds is 6. The average Bonchev–Trinajstić information content (AvgIpc) is 2.65. The topological polar surface area (TPSA) is 32.3 Å². The Morgan fingerprint density at radius 3 is 2.33 bits per heavy atom. The summed E-state index contributed by atoms with van der Waals surface area (Å²) in [6, 6.07) is 12.9. The Morgan fingerprint density at radius 1 is 0.958 bits per heavy atom. The van der Waals surface area contributed by atoms with E-state index in [2.05, 4.69) is 70.0 Å². The molecular formula is C20H28N4. The van der Waals surface area contributed by atoms with Crippen LogP contribution in [0.5, 0.6) is 0 Å². The van der Waals surface area contributed by atoms with Gasteiger partial charge in [0.05, 0.1) is 0 Å². The molecule has 2 heterocycles. The Hall–Kier alpha value is -1.94. The molecule has 24 heavy (non-hydrogen) atoms. The smallest absolute Gasteiger partial charge is 0.132 e. The quantitative estimate of drug-likeness (QED) is 0.811. The van der Waals surface area contributed by atoms with Gasteiger partial charge in [-0.1, -0.05) is 44.2 Å². The van der Waals surface area contributed by atoms with Gasteiger partial charge in [0.1, 0.15) is 12.1 Å². The van der Waals surface area contributed by atoms with Crippen molar-refractivity contribution in [3.63, 3.8) is 0 Å². The van der Waals surface area contributed by atoms with E-state index in [-0.39, 0.29) is 0 Å². The highest BCUT2D eigenvalue weighted by Crippen LogP contribution is 2.24. The summed E-state index contributed by atoms with van der Waals surface area (Å²) >= 11 is 0. The van der Waals surface area contributed by atoms with Crippen molar-refractivity contribution in [3.05, 3.63) is 54.0 Å². The molecule has 0 radical (unpaired) electrons. The number of anilines is 1. The molecule has 1 saturated heterocycles. The summed E-state index contributed by atoms with van der Waals surface area (Å²) in [6.45, 7) is 9.74. The van der Waals surface area contributed by atoms with Crippen LogP contribution in [0.1, 0.15) is 43.9 Å². The third kappa shape index (κ3) is 4.12. The highest BCUT2D eigenvalue weighted by atomic mass is 15.3. The van der Waals surface area contributed by atoms with E-state index in [0.717, 1.165) is 51.4 Å². The van der Waals surface area contributed by atoms with Crippen LogP contribution in [-0.4, -0.2) is 41.0 Å². The first-order valence-electron chi connectivity index (χ1n) is 9.13. The SMILES string of the molecule is CCC(CC)c1cc(N2CCN(Cc3ccccc3)CC2)ncn1. The lowest BCUT2D eigenvalue weighted by atomic mass is 9.99. The van der Waals surface area contributed by atoms with Crippen molar-refractivity contribution in [2.45, 2.75) is 39.2 Å². The van der Waals surface area contributed by atoms with Gasteiger partial charge in [-0.25, -0.2) is 9.97 Å². The molecule has 2 aromatic rings. The number of hydrogen-bond acceptors (Lipinski definition) is 4. The van der Waals surface area contributed by atoms with Crippen molar-refractivity contribution < 1.29 is 0 Å². The van der Waals surface area contributed by atoms with E-state index < -0.39 is 0 Å². The first-order valence-corrected chi connectivity index (χ1v) is 9.13. The Kier molecular flexibility index (Phi) is 5.81. The Morgan fingerprint density at radius 2 is 1.67 bits per heavy atom. The molecule has 1 aliphatic heterocycles. The van der Waals surface area contributed by atoms with Crippen molar-refractivity contribution in [2.24, 2.45) is 0 Å². The van der Waals surface area contributed by atoms with Crippen molar-refractivity contribution in [1.29, 1.82) is 0 Å². The molecule has 1 aromatic heterocycles. The van der Waals surface area contributed by atoms with E-state index in [0.29, 0.717) is 5.92 Å². The zero-order chi connectivity index (χ0) is 16.8. The third-order valence-electron chi connectivity index (χ3n) is 5.02. The van der Waals surface area contributed by atoms with Gasteiger partial charge in [0.2, 0.25) is 0 Å². The molecule has 0 spiro atoms. The molecule has 3 rings (SSSR count). The predicted molar refractivity (Wildman–Crippen MR) is 99.3 cm³/mol. The van der Waals surface area contributed by atoms with Gasteiger partial charge in [-0.2, -0.15) is 0 Å². The first kappa shape index (κ1) is 16.9. The molecule has 0 aliphatic carbocycles. The Labute approximate surface area is 145 Å². The summed E-state index contributed by atoms with van der Waals surface area (Å²) < 4.78 is 0. The average molecular weight is 324 g/mol. The number of nitrogens with zero attached hydrogens (tertiary/aromatic N) is 4. The molecule has 1 fully saturated rings. The fourth-order valence-corrected chi connectivity index (χ4v) is 3.44. The minimum absolute atomic E-state index is 0.547. The molecule has 0 bridgehead atoms. The summed E-state index contributed by atoms with van der Waals surface area (Å²) in [5, 5.41) is 0. The van der Waals surface area contributed by atoms with Gasteiger partial charge in [0.15, 0.2) is 0 Å². The molecule has 1 aliphatic rings. The van der Waals surface area contributed by atoms with Crippen LogP contribution in [0.3, 0.4) is 0 Å². The van der Waals surface area contributed by atoms with E-state index in [9.17, 15) is 0 Å². The summed E-state index contributed by atoms with van der Waals surface area (Å²) in [6.07, 6.45) is 4.01. The van der Waals surface area contributed by atoms with Gasteiger partial charge in [0.25, 0.3) is 0 Å². The van der Waals surface area contributed by atoms with Gasteiger partial charge in [-0.15, -0.1) is 0 Å². The van der Waals surface area contributed by atoms with Crippen molar-refractivity contribution >= 4 is 5.82 Å². The largest absolute Gasteiger partial charge is 0.354 e. The molecule has 0 saturated carbocycles. The van der Waals surface area contributed by atoms with Gasteiger partial charge in [0, 0.05) is 50.4 Å². The van der Waals surface area contributed by atoms with Crippen LogP contribution in [0, 0.1) is 0 Å². The van der Waals surface area contributed by atoms with Crippen molar-refractivity contribution in [3.8, 4) is 0 Å². The Bertz CT molecular complexity index is 617. The second-order valence-corrected chi connectivity index (χ2v) is 6.56. The van der Waals surface area contributed by atoms with Crippen LogP contribution in [0.15, 0.2) is 42.7 Å². The standard InChI is InChI=1S/C20H28N4/c1-3-18(4-2)19-14-20(22-16-21-19)24-12-10-23(11-13-24)15-17-8-6-5-7-9-17/h5-9,14,16,18H,3-4,10-13,15H2,1-2H3. The second-order valence-electron chi connectivity index (χ2n) is 6.56. The Balaban J connectivity index is 1.59. The lowest BCUT2D eigenvalue weighted by Gasteiger charge is -2.35. The number of hydrogen-bond donors (Lipinski definition) is 0. The van der Waals surface area contributed by atoms with Gasteiger partial charge < -0.3 is 4.90 Å². The molecule has 0 amide bonds. The van der Waals surface area contributed by atoms with Crippen LogP contribution < -0.4 is 4.90 Å². The minimum Gasteiger partial charge on any atom is -0.354 e. The molecule has 4 heteroatoms. The third-order valence-corrected chi connectivity index (χ3v) is 5.02. The van der Waals surface area contributed by atoms with Gasteiger partial charge in [-0.05, 0) is 18.4 Å². The van der Waals surface area contributed by atoms with E-state index in [4.69, 9.17) is 0 Å². The fourth-order valence-electron chi connectivity index (χ4n) is 3.44. The van der Waals surface area contributed by atoms with Gasteiger partial charge >= 0.3 is 0 Å².